The SMILES string of the molecule is COc1cc(OC)cc(C(=O)NNS(=O)(=O)c2cccc([N+](=O)[O-])c2)c1. The maximum Gasteiger partial charge on any atom is 0.270 e. The lowest BCUT2D eigenvalue weighted by molar-refractivity contribution is -0.385. The largest absolute Gasteiger partial charge is 0.497 e. The highest BCUT2D eigenvalue weighted by atomic mass is 32.2. The van der Waals surface area contributed by atoms with Crippen molar-refractivity contribution in [3.05, 3.63) is 58.1 Å². The van der Waals surface area contributed by atoms with Crippen LogP contribution in [0.3, 0.4) is 0 Å². The number of nitro benzene ring substituents is 1. The van der Waals surface area contributed by atoms with E-state index in [2.05, 4.69) is 0 Å². The van der Waals surface area contributed by atoms with Gasteiger partial charge < -0.3 is 9.47 Å². The summed E-state index contributed by atoms with van der Waals surface area (Å²) in [6, 6.07) is 8.74. The van der Waals surface area contributed by atoms with E-state index >= 15 is 0 Å². The average Bonchev–Trinajstić information content (AvgIpc) is 2.65. The third-order valence-corrected chi connectivity index (χ3v) is 4.50. The van der Waals surface area contributed by atoms with Gasteiger partial charge in [-0.25, -0.2) is 8.42 Å². The molecule has 0 fully saturated rings. The Morgan fingerprint density at radius 2 is 1.69 bits per heavy atom. The molecular weight excluding hydrogens is 366 g/mol. The molecule has 2 N–H and O–H groups in total. The van der Waals surface area contributed by atoms with Gasteiger partial charge in [0, 0.05) is 23.8 Å². The molecule has 0 radical (unpaired) electrons. The van der Waals surface area contributed by atoms with Crippen molar-refractivity contribution in [2.75, 3.05) is 14.2 Å². The average molecular weight is 381 g/mol. The van der Waals surface area contributed by atoms with Crippen LogP contribution in [-0.2, 0) is 10.0 Å². The van der Waals surface area contributed by atoms with Crippen molar-refractivity contribution in [3.8, 4) is 11.5 Å². The van der Waals surface area contributed by atoms with E-state index in [9.17, 15) is 23.3 Å². The Balaban J connectivity index is 2.18. The van der Waals surface area contributed by atoms with Crippen molar-refractivity contribution in [2.24, 2.45) is 0 Å². The van der Waals surface area contributed by atoms with Crippen LogP contribution in [-0.4, -0.2) is 33.5 Å². The Morgan fingerprint density at radius 3 is 2.23 bits per heavy atom. The quantitative estimate of drug-likeness (QED) is 0.543. The van der Waals surface area contributed by atoms with Crippen molar-refractivity contribution >= 4 is 21.6 Å². The number of methoxy groups -OCH3 is 2. The standard InChI is InChI=1S/C15H15N3O7S/c1-24-12-6-10(7-13(9-12)25-2)15(19)16-17-26(22,23)14-5-3-4-11(8-14)18(20)21/h3-9,17H,1-2H3,(H,16,19). The monoisotopic (exact) mass is 381 g/mol. The van der Waals surface area contributed by atoms with E-state index in [0.29, 0.717) is 11.5 Å². The highest BCUT2D eigenvalue weighted by Crippen LogP contribution is 2.22. The number of benzene rings is 2. The van der Waals surface area contributed by atoms with Crippen LogP contribution >= 0.6 is 0 Å². The molecule has 2 aromatic rings. The summed E-state index contributed by atoms with van der Waals surface area (Å²) < 4.78 is 34.5. The van der Waals surface area contributed by atoms with Crippen molar-refractivity contribution in [3.63, 3.8) is 0 Å². The van der Waals surface area contributed by atoms with Gasteiger partial charge in [-0.3, -0.25) is 20.3 Å². The summed E-state index contributed by atoms with van der Waals surface area (Å²) in [6.07, 6.45) is 0. The number of carbonyl (C=O) groups excluding carboxylic acids is 1. The maximum absolute atomic E-state index is 12.2. The van der Waals surface area contributed by atoms with E-state index in [1.165, 1.54) is 32.4 Å². The van der Waals surface area contributed by atoms with E-state index in [1.54, 1.807) is 6.07 Å². The van der Waals surface area contributed by atoms with Crippen molar-refractivity contribution in [1.29, 1.82) is 0 Å². The number of carbonyl (C=O) groups is 1. The molecule has 26 heavy (non-hydrogen) atoms. The van der Waals surface area contributed by atoms with Crippen LogP contribution in [0.1, 0.15) is 10.4 Å². The van der Waals surface area contributed by atoms with Gasteiger partial charge in [0.05, 0.1) is 24.0 Å². The molecule has 0 heterocycles. The minimum atomic E-state index is -4.20. The van der Waals surface area contributed by atoms with E-state index in [1.807, 2.05) is 10.3 Å². The van der Waals surface area contributed by atoms with Gasteiger partial charge in [-0.05, 0) is 18.2 Å². The fourth-order valence-electron chi connectivity index (χ4n) is 1.95. The first-order valence-corrected chi connectivity index (χ1v) is 8.55. The zero-order valence-corrected chi connectivity index (χ0v) is 14.6. The normalized spacial score (nSPS) is 10.8. The molecule has 11 heteroatoms. The van der Waals surface area contributed by atoms with Crippen LogP contribution in [0.25, 0.3) is 0 Å². The summed E-state index contributed by atoms with van der Waals surface area (Å²) >= 11 is 0. The molecule has 2 rings (SSSR count). The Morgan fingerprint density at radius 1 is 1.08 bits per heavy atom. The smallest absolute Gasteiger partial charge is 0.270 e. The molecule has 0 aromatic heterocycles. The van der Waals surface area contributed by atoms with E-state index in [4.69, 9.17) is 9.47 Å². The summed E-state index contributed by atoms with van der Waals surface area (Å²) in [4.78, 5) is 23.7. The topological polar surface area (TPSA) is 137 Å². The first-order chi connectivity index (χ1) is 12.3. The van der Waals surface area contributed by atoms with Crippen LogP contribution in [0.2, 0.25) is 0 Å². The lowest BCUT2D eigenvalue weighted by Crippen LogP contribution is -2.41. The molecule has 2 aromatic carbocycles. The number of hydrogen-bond donors (Lipinski definition) is 2. The maximum atomic E-state index is 12.2. The van der Waals surface area contributed by atoms with Crippen LogP contribution in [0.4, 0.5) is 5.69 Å². The van der Waals surface area contributed by atoms with Gasteiger partial charge in [0.1, 0.15) is 11.5 Å². The van der Waals surface area contributed by atoms with E-state index in [0.717, 1.165) is 18.2 Å². The molecule has 0 bridgehead atoms. The van der Waals surface area contributed by atoms with Crippen LogP contribution in [0.15, 0.2) is 47.4 Å². The van der Waals surface area contributed by atoms with Gasteiger partial charge >= 0.3 is 0 Å². The van der Waals surface area contributed by atoms with Gasteiger partial charge in [0.2, 0.25) is 0 Å². The summed E-state index contributed by atoms with van der Waals surface area (Å²) in [5.74, 6) is -0.0803. The summed E-state index contributed by atoms with van der Waals surface area (Å²) in [6.45, 7) is 0. The summed E-state index contributed by atoms with van der Waals surface area (Å²) in [5, 5.41) is 10.7. The minimum Gasteiger partial charge on any atom is -0.497 e. The van der Waals surface area contributed by atoms with Gasteiger partial charge in [-0.1, -0.05) is 6.07 Å². The van der Waals surface area contributed by atoms with Crippen molar-refractivity contribution in [1.82, 2.24) is 10.3 Å². The second-order valence-electron chi connectivity index (χ2n) is 4.92. The third-order valence-electron chi connectivity index (χ3n) is 3.25. The third kappa shape index (κ3) is 4.46. The molecule has 0 aliphatic heterocycles. The zero-order valence-electron chi connectivity index (χ0n) is 13.8. The molecule has 0 saturated carbocycles. The molecule has 138 valence electrons. The van der Waals surface area contributed by atoms with Gasteiger partial charge in [0.25, 0.3) is 21.6 Å². The molecular formula is C15H15N3O7S. The predicted molar refractivity (Wildman–Crippen MR) is 90.4 cm³/mol. The van der Waals surface area contributed by atoms with Crippen LogP contribution < -0.4 is 19.7 Å². The predicted octanol–water partition coefficient (Wildman–Crippen LogP) is 1.24. The number of hydrogen-bond acceptors (Lipinski definition) is 7. The number of hydrazine groups is 1. The van der Waals surface area contributed by atoms with Gasteiger partial charge in [-0.15, -0.1) is 4.83 Å². The number of ether oxygens (including phenoxy) is 2. The second kappa shape index (κ2) is 7.80. The number of nitro groups is 1. The highest BCUT2D eigenvalue weighted by molar-refractivity contribution is 7.89. The van der Waals surface area contributed by atoms with Crippen molar-refractivity contribution < 1.29 is 27.6 Å². The number of nitrogens with zero attached hydrogens (tertiary/aromatic N) is 1. The van der Waals surface area contributed by atoms with Crippen LogP contribution in [0, 0.1) is 10.1 Å². The Labute approximate surface area is 148 Å². The molecule has 0 unspecified atom stereocenters. The number of sulfonamides is 1. The fourth-order valence-corrected chi connectivity index (χ4v) is 2.83. The van der Waals surface area contributed by atoms with Gasteiger partial charge in [-0.2, -0.15) is 0 Å². The van der Waals surface area contributed by atoms with Crippen LogP contribution in [0.5, 0.6) is 11.5 Å². The van der Waals surface area contributed by atoms with Crippen molar-refractivity contribution in [2.45, 2.75) is 4.90 Å². The molecule has 0 aliphatic carbocycles. The molecule has 10 nitrogen and oxygen atoms in total. The summed E-state index contributed by atoms with van der Waals surface area (Å²) in [5.41, 5.74) is 1.73. The number of nitrogens with one attached hydrogen (secondary N) is 2. The zero-order chi connectivity index (χ0) is 19.3. The molecule has 1 amide bonds. The first-order valence-electron chi connectivity index (χ1n) is 7.06. The molecule has 0 atom stereocenters. The molecule has 0 spiro atoms. The lowest BCUT2D eigenvalue weighted by Gasteiger charge is -2.10. The molecule has 0 saturated heterocycles. The van der Waals surface area contributed by atoms with E-state index in [-0.39, 0.29) is 10.5 Å². The Kier molecular flexibility index (Phi) is 5.75. The first kappa shape index (κ1) is 19.1. The second-order valence-corrected chi connectivity index (χ2v) is 6.60. The minimum absolute atomic E-state index is 0.0861. The van der Waals surface area contributed by atoms with Gasteiger partial charge in [0.15, 0.2) is 0 Å². The van der Waals surface area contributed by atoms with E-state index < -0.39 is 26.5 Å². The fraction of sp³-hybridized carbons (Fsp3) is 0.133. The number of non-ortho nitro benzene ring substituents is 1. The Hall–Kier alpha value is -3.18. The number of rotatable bonds is 7. The number of amides is 1. The summed E-state index contributed by atoms with van der Waals surface area (Å²) in [7, 11) is -1.39. The highest BCUT2D eigenvalue weighted by Gasteiger charge is 2.19. The lowest BCUT2D eigenvalue weighted by atomic mass is 10.2. The molecule has 0 aliphatic rings. The Bertz CT molecular complexity index is 922.